The second-order valence-corrected chi connectivity index (χ2v) is 7.45. The van der Waals surface area contributed by atoms with Gasteiger partial charge in [-0.2, -0.15) is 13.2 Å². The number of benzene rings is 3. The molecule has 0 saturated heterocycles. The van der Waals surface area contributed by atoms with Crippen molar-refractivity contribution >= 4 is 22.8 Å². The van der Waals surface area contributed by atoms with Gasteiger partial charge < -0.3 is 9.30 Å². The molecule has 1 heterocycles. The minimum Gasteiger partial charge on any atom is -0.440 e. The minimum absolute atomic E-state index is 0.319. The molecule has 0 spiro atoms. The van der Waals surface area contributed by atoms with Gasteiger partial charge in [-0.15, -0.1) is 0 Å². The molecule has 0 atom stereocenters. The molecule has 0 unspecified atom stereocenters. The van der Waals surface area contributed by atoms with Crippen LogP contribution in [0, 0.1) is 13.8 Å². The van der Waals surface area contributed by atoms with E-state index < -0.39 is 11.7 Å². The highest BCUT2D eigenvalue weighted by Gasteiger charge is 2.30. The fraction of sp³-hybridized carbons (Fsp3) is 0.160. The molecule has 1 aromatic heterocycles. The fourth-order valence-electron chi connectivity index (χ4n) is 3.42. The summed E-state index contributed by atoms with van der Waals surface area (Å²) >= 11 is 0. The third kappa shape index (κ3) is 4.19. The zero-order valence-corrected chi connectivity index (χ0v) is 17.4. The number of fused-ring (bicyclic) bond motifs is 1. The number of alkyl halides is 3. The van der Waals surface area contributed by atoms with Crippen molar-refractivity contribution in [2.45, 2.75) is 20.0 Å². The maximum Gasteiger partial charge on any atom is 0.416 e. The lowest BCUT2D eigenvalue weighted by Crippen LogP contribution is -2.04. The summed E-state index contributed by atoms with van der Waals surface area (Å²) in [6, 6.07) is 18.4. The van der Waals surface area contributed by atoms with Gasteiger partial charge in [0.1, 0.15) is 5.75 Å². The lowest BCUT2D eigenvalue weighted by molar-refractivity contribution is -0.137. The Kier molecular flexibility index (Phi) is 5.31. The van der Waals surface area contributed by atoms with E-state index in [1.54, 1.807) is 6.21 Å². The van der Waals surface area contributed by atoms with E-state index in [4.69, 9.17) is 4.74 Å². The molecule has 0 amide bonds. The third-order valence-electron chi connectivity index (χ3n) is 5.32. The van der Waals surface area contributed by atoms with Crippen molar-refractivity contribution in [3.05, 3.63) is 89.0 Å². The first-order valence-corrected chi connectivity index (χ1v) is 9.78. The first-order valence-electron chi connectivity index (χ1n) is 9.78. The van der Waals surface area contributed by atoms with Crippen molar-refractivity contribution in [3.8, 4) is 11.6 Å². The van der Waals surface area contributed by atoms with E-state index >= 15 is 0 Å². The highest BCUT2D eigenvalue weighted by atomic mass is 19.4. The normalized spacial score (nSPS) is 12.1. The Balaban J connectivity index is 1.75. The number of rotatable bonds is 4. The van der Waals surface area contributed by atoms with Crippen LogP contribution in [0.25, 0.3) is 10.9 Å². The van der Waals surface area contributed by atoms with Gasteiger partial charge in [-0.1, -0.05) is 24.3 Å². The highest BCUT2D eigenvalue weighted by molar-refractivity contribution is 6.03. The van der Waals surface area contributed by atoms with Crippen LogP contribution in [0.4, 0.5) is 18.9 Å². The lowest BCUT2D eigenvalue weighted by Gasteiger charge is -2.10. The van der Waals surface area contributed by atoms with E-state index in [0.29, 0.717) is 11.6 Å². The molecule has 31 heavy (non-hydrogen) atoms. The van der Waals surface area contributed by atoms with Crippen LogP contribution in [-0.4, -0.2) is 10.8 Å². The number of aryl methyl sites for hydroxylation is 3. The Morgan fingerprint density at radius 1 is 0.903 bits per heavy atom. The van der Waals surface area contributed by atoms with Gasteiger partial charge in [0.25, 0.3) is 0 Å². The van der Waals surface area contributed by atoms with Crippen LogP contribution in [0.15, 0.2) is 71.7 Å². The number of aliphatic imine (C=N–C) groups is 1. The Bertz CT molecular complexity index is 1270. The topological polar surface area (TPSA) is 26.5 Å². The summed E-state index contributed by atoms with van der Waals surface area (Å²) in [7, 11) is 1.86. The lowest BCUT2D eigenvalue weighted by atomic mass is 10.1. The second kappa shape index (κ2) is 7.95. The van der Waals surface area contributed by atoms with Gasteiger partial charge in [0.05, 0.1) is 22.3 Å². The summed E-state index contributed by atoms with van der Waals surface area (Å²) in [5, 5.41) is 0.944. The van der Waals surface area contributed by atoms with Gasteiger partial charge in [0.15, 0.2) is 0 Å². The number of hydrogen-bond donors (Lipinski definition) is 0. The number of ether oxygens (including phenoxy) is 1. The molecule has 0 saturated carbocycles. The zero-order chi connectivity index (χ0) is 22.2. The summed E-state index contributed by atoms with van der Waals surface area (Å²) in [6.45, 7) is 4.08. The molecule has 6 heteroatoms. The average molecular weight is 422 g/mol. The Labute approximate surface area is 178 Å². The maximum absolute atomic E-state index is 12.9. The maximum atomic E-state index is 12.9. The molecule has 4 aromatic rings. The van der Waals surface area contributed by atoms with E-state index in [1.165, 1.54) is 17.7 Å². The summed E-state index contributed by atoms with van der Waals surface area (Å²) in [4.78, 5) is 4.62. The minimum atomic E-state index is -4.39. The molecular weight excluding hydrogens is 401 g/mol. The molecule has 0 aliphatic carbocycles. The summed E-state index contributed by atoms with van der Waals surface area (Å²) in [5.41, 5.74) is 4.14. The van der Waals surface area contributed by atoms with Crippen LogP contribution in [0.2, 0.25) is 0 Å². The molecule has 3 aromatic carbocycles. The van der Waals surface area contributed by atoms with E-state index in [-0.39, 0.29) is 0 Å². The standard InChI is InChI=1S/C25H21F3N2O/c1-16-8-11-19(14-17(16)2)29-15-22-21-6-4-5-7-23(21)30(3)24(22)31-20-12-9-18(10-13-20)25(26,27)28/h4-15H,1-3H3. The second-order valence-electron chi connectivity index (χ2n) is 7.45. The highest BCUT2D eigenvalue weighted by Crippen LogP contribution is 2.35. The zero-order valence-electron chi connectivity index (χ0n) is 17.4. The molecule has 0 bridgehead atoms. The molecule has 4 rings (SSSR count). The molecule has 0 aliphatic heterocycles. The predicted octanol–water partition coefficient (Wildman–Crippen LogP) is 7.36. The molecule has 0 radical (unpaired) electrons. The first-order chi connectivity index (χ1) is 14.7. The summed E-state index contributed by atoms with van der Waals surface area (Å²) < 4.78 is 46.5. The van der Waals surface area contributed by atoms with Gasteiger partial charge in [0.2, 0.25) is 5.88 Å². The SMILES string of the molecule is Cc1ccc(N=Cc2c(Oc3ccc(C(F)(F)F)cc3)n(C)c3ccccc23)cc1C. The van der Waals surface area contributed by atoms with Crippen LogP contribution < -0.4 is 4.74 Å². The fourth-order valence-corrected chi connectivity index (χ4v) is 3.42. The van der Waals surface area contributed by atoms with E-state index in [2.05, 4.69) is 4.99 Å². The molecule has 3 nitrogen and oxygen atoms in total. The first kappa shape index (κ1) is 20.7. The molecule has 0 fully saturated rings. The van der Waals surface area contributed by atoms with Crippen LogP contribution >= 0.6 is 0 Å². The number of para-hydroxylation sites is 1. The Hall–Kier alpha value is -3.54. The quantitative estimate of drug-likeness (QED) is 0.316. The monoisotopic (exact) mass is 422 g/mol. The molecular formula is C25H21F3N2O. The van der Waals surface area contributed by atoms with Crippen LogP contribution in [0.5, 0.6) is 11.6 Å². The van der Waals surface area contributed by atoms with Crippen molar-refractivity contribution in [1.82, 2.24) is 4.57 Å². The number of halogens is 3. The Morgan fingerprint density at radius 3 is 2.29 bits per heavy atom. The van der Waals surface area contributed by atoms with Crippen molar-refractivity contribution < 1.29 is 17.9 Å². The van der Waals surface area contributed by atoms with E-state index in [9.17, 15) is 13.2 Å². The Morgan fingerprint density at radius 2 is 1.61 bits per heavy atom. The smallest absolute Gasteiger partial charge is 0.416 e. The van der Waals surface area contributed by atoms with Gasteiger partial charge in [-0.05, 0) is 67.4 Å². The molecule has 0 aliphatic rings. The predicted molar refractivity (Wildman–Crippen MR) is 118 cm³/mol. The third-order valence-corrected chi connectivity index (χ3v) is 5.32. The largest absolute Gasteiger partial charge is 0.440 e. The van der Waals surface area contributed by atoms with Crippen LogP contribution in [0.1, 0.15) is 22.3 Å². The van der Waals surface area contributed by atoms with Crippen molar-refractivity contribution in [2.75, 3.05) is 0 Å². The van der Waals surface area contributed by atoms with Crippen LogP contribution in [0.3, 0.4) is 0 Å². The summed E-state index contributed by atoms with van der Waals surface area (Å²) in [5.74, 6) is 0.827. The van der Waals surface area contributed by atoms with E-state index in [1.807, 2.05) is 67.9 Å². The van der Waals surface area contributed by atoms with Gasteiger partial charge in [-0.3, -0.25) is 4.99 Å². The molecule has 0 N–H and O–H groups in total. The number of hydrogen-bond acceptors (Lipinski definition) is 2. The van der Waals surface area contributed by atoms with Crippen molar-refractivity contribution in [1.29, 1.82) is 0 Å². The van der Waals surface area contributed by atoms with E-state index in [0.717, 1.165) is 39.8 Å². The van der Waals surface area contributed by atoms with Gasteiger partial charge in [-0.25, -0.2) is 0 Å². The average Bonchev–Trinajstić information content (AvgIpc) is 3.00. The van der Waals surface area contributed by atoms with Crippen molar-refractivity contribution in [2.24, 2.45) is 12.0 Å². The van der Waals surface area contributed by atoms with Gasteiger partial charge in [0, 0.05) is 18.6 Å². The number of nitrogens with zero attached hydrogens (tertiary/aromatic N) is 2. The van der Waals surface area contributed by atoms with Crippen LogP contribution in [-0.2, 0) is 13.2 Å². The number of aromatic nitrogens is 1. The van der Waals surface area contributed by atoms with Gasteiger partial charge >= 0.3 is 6.18 Å². The molecule has 158 valence electrons. The van der Waals surface area contributed by atoms with Crippen molar-refractivity contribution in [3.63, 3.8) is 0 Å². The summed E-state index contributed by atoms with van der Waals surface area (Å²) in [6.07, 6.45) is -2.64.